The van der Waals surface area contributed by atoms with Gasteiger partial charge in [0, 0.05) is 10.7 Å². The van der Waals surface area contributed by atoms with Gasteiger partial charge in [-0.2, -0.15) is 0 Å². The molecule has 6 heteroatoms. The molecule has 2 aromatic rings. The van der Waals surface area contributed by atoms with Crippen molar-refractivity contribution in [3.8, 4) is 0 Å². The Bertz CT molecular complexity index is 520. The third-order valence-electron chi connectivity index (χ3n) is 1.97. The van der Waals surface area contributed by atoms with Crippen LogP contribution in [0.25, 0.3) is 0 Å². The van der Waals surface area contributed by atoms with Crippen molar-refractivity contribution in [2.24, 2.45) is 0 Å². The Hall–Kier alpha value is -1.56. The standard InChI is InChI=1S/C11H8BrF2N3/c12-7-4-5-15-10(6-7)17-9-3-1-2-8(16-9)11(13)14/h1-6,11H,(H,15,16,17). The van der Waals surface area contributed by atoms with E-state index < -0.39 is 6.43 Å². The largest absolute Gasteiger partial charge is 0.325 e. The first kappa shape index (κ1) is 11.9. The number of pyridine rings is 2. The summed E-state index contributed by atoms with van der Waals surface area (Å²) in [6, 6.07) is 7.92. The van der Waals surface area contributed by atoms with Crippen LogP contribution in [0.2, 0.25) is 0 Å². The maximum atomic E-state index is 12.4. The summed E-state index contributed by atoms with van der Waals surface area (Å²) in [5.74, 6) is 0.881. The van der Waals surface area contributed by atoms with Gasteiger partial charge in [-0.1, -0.05) is 22.0 Å². The van der Waals surface area contributed by atoms with Crippen molar-refractivity contribution in [3.63, 3.8) is 0 Å². The molecule has 1 N–H and O–H groups in total. The Balaban J connectivity index is 2.21. The summed E-state index contributed by atoms with van der Waals surface area (Å²) in [6.45, 7) is 0. The molecule has 17 heavy (non-hydrogen) atoms. The van der Waals surface area contributed by atoms with Gasteiger partial charge < -0.3 is 5.32 Å². The average Bonchev–Trinajstić information content (AvgIpc) is 2.29. The average molecular weight is 300 g/mol. The van der Waals surface area contributed by atoms with Gasteiger partial charge in [0.25, 0.3) is 6.43 Å². The van der Waals surface area contributed by atoms with Crippen molar-refractivity contribution in [1.29, 1.82) is 0 Å². The number of aromatic nitrogens is 2. The van der Waals surface area contributed by atoms with Crippen LogP contribution in [0.3, 0.4) is 0 Å². The van der Waals surface area contributed by atoms with Crippen LogP contribution >= 0.6 is 15.9 Å². The predicted molar refractivity (Wildman–Crippen MR) is 64.4 cm³/mol. The molecule has 0 aliphatic heterocycles. The summed E-state index contributed by atoms with van der Waals surface area (Å²) in [5, 5.41) is 2.85. The van der Waals surface area contributed by atoms with E-state index in [-0.39, 0.29) is 5.69 Å². The molecular formula is C11H8BrF2N3. The minimum Gasteiger partial charge on any atom is -0.325 e. The molecule has 0 saturated carbocycles. The predicted octanol–water partition coefficient (Wildman–Crippen LogP) is 3.92. The maximum absolute atomic E-state index is 12.4. The Morgan fingerprint density at radius 2 is 2.00 bits per heavy atom. The fraction of sp³-hybridized carbons (Fsp3) is 0.0909. The van der Waals surface area contributed by atoms with Gasteiger partial charge in [0.2, 0.25) is 0 Å². The lowest BCUT2D eigenvalue weighted by molar-refractivity contribution is 0.146. The van der Waals surface area contributed by atoms with Crippen molar-refractivity contribution in [1.82, 2.24) is 9.97 Å². The monoisotopic (exact) mass is 299 g/mol. The van der Waals surface area contributed by atoms with E-state index in [0.717, 1.165) is 4.47 Å². The van der Waals surface area contributed by atoms with Crippen LogP contribution < -0.4 is 5.32 Å². The normalized spacial score (nSPS) is 10.6. The van der Waals surface area contributed by atoms with Crippen LogP contribution in [0.1, 0.15) is 12.1 Å². The summed E-state index contributed by atoms with van der Waals surface area (Å²) in [5.41, 5.74) is -0.259. The molecule has 3 nitrogen and oxygen atoms in total. The summed E-state index contributed by atoms with van der Waals surface area (Å²) in [7, 11) is 0. The number of halogens is 3. The van der Waals surface area contributed by atoms with Crippen LogP contribution in [-0.2, 0) is 0 Å². The molecule has 0 unspecified atom stereocenters. The third kappa shape index (κ3) is 3.20. The highest BCUT2D eigenvalue weighted by atomic mass is 79.9. The minimum atomic E-state index is -2.58. The topological polar surface area (TPSA) is 37.8 Å². The molecule has 0 aliphatic carbocycles. The van der Waals surface area contributed by atoms with E-state index in [4.69, 9.17) is 0 Å². The number of nitrogens with one attached hydrogen (secondary N) is 1. The van der Waals surface area contributed by atoms with Crippen LogP contribution in [0.4, 0.5) is 20.4 Å². The van der Waals surface area contributed by atoms with E-state index in [2.05, 4.69) is 31.2 Å². The number of rotatable bonds is 3. The van der Waals surface area contributed by atoms with Gasteiger partial charge in [-0.25, -0.2) is 18.7 Å². The molecule has 88 valence electrons. The molecule has 0 aromatic carbocycles. The van der Waals surface area contributed by atoms with E-state index >= 15 is 0 Å². The van der Waals surface area contributed by atoms with Gasteiger partial charge in [-0.3, -0.25) is 0 Å². The highest BCUT2D eigenvalue weighted by Crippen LogP contribution is 2.20. The first-order chi connectivity index (χ1) is 8.15. The molecule has 0 radical (unpaired) electrons. The second-order valence-corrected chi connectivity index (χ2v) is 4.15. The molecule has 2 rings (SSSR count). The number of anilines is 2. The van der Waals surface area contributed by atoms with E-state index in [9.17, 15) is 8.78 Å². The fourth-order valence-corrected chi connectivity index (χ4v) is 1.58. The van der Waals surface area contributed by atoms with Crippen LogP contribution in [0.5, 0.6) is 0 Å². The van der Waals surface area contributed by atoms with Gasteiger partial charge in [-0.05, 0) is 24.3 Å². The lowest BCUT2D eigenvalue weighted by atomic mass is 10.3. The SMILES string of the molecule is FC(F)c1cccc(Nc2cc(Br)ccn2)n1. The second-order valence-electron chi connectivity index (χ2n) is 3.23. The minimum absolute atomic E-state index is 0.259. The zero-order valence-corrected chi connectivity index (χ0v) is 10.2. The Kier molecular flexibility index (Phi) is 3.63. The van der Waals surface area contributed by atoms with Gasteiger partial charge in [0.05, 0.1) is 0 Å². The lowest BCUT2D eigenvalue weighted by Gasteiger charge is -2.06. The summed E-state index contributed by atoms with van der Waals surface area (Å²) in [4.78, 5) is 7.82. The number of hydrogen-bond donors (Lipinski definition) is 1. The van der Waals surface area contributed by atoms with Crippen molar-refractivity contribution < 1.29 is 8.78 Å². The molecule has 0 aliphatic rings. The smallest absolute Gasteiger partial charge is 0.280 e. The van der Waals surface area contributed by atoms with Crippen molar-refractivity contribution in [2.45, 2.75) is 6.43 Å². The molecule has 0 fully saturated rings. The second kappa shape index (κ2) is 5.18. The van der Waals surface area contributed by atoms with Crippen molar-refractivity contribution in [3.05, 3.63) is 46.7 Å². The molecular weight excluding hydrogens is 292 g/mol. The maximum Gasteiger partial charge on any atom is 0.280 e. The summed E-state index contributed by atoms with van der Waals surface area (Å²) >= 11 is 3.29. The lowest BCUT2D eigenvalue weighted by Crippen LogP contribution is -1.98. The van der Waals surface area contributed by atoms with E-state index in [0.29, 0.717) is 11.6 Å². The highest BCUT2D eigenvalue weighted by molar-refractivity contribution is 9.10. The quantitative estimate of drug-likeness (QED) is 0.933. The zero-order chi connectivity index (χ0) is 12.3. The highest BCUT2D eigenvalue weighted by Gasteiger charge is 2.09. The molecule has 2 heterocycles. The molecule has 0 atom stereocenters. The molecule has 0 bridgehead atoms. The third-order valence-corrected chi connectivity index (χ3v) is 2.47. The number of hydrogen-bond acceptors (Lipinski definition) is 3. The van der Waals surface area contributed by atoms with E-state index in [1.54, 1.807) is 24.4 Å². The number of nitrogens with zero attached hydrogens (tertiary/aromatic N) is 2. The van der Waals surface area contributed by atoms with Crippen LogP contribution in [0.15, 0.2) is 41.0 Å². The Labute approximate surface area is 105 Å². The summed E-state index contributed by atoms with van der Waals surface area (Å²) in [6.07, 6.45) is -0.976. The van der Waals surface area contributed by atoms with Crippen molar-refractivity contribution in [2.75, 3.05) is 5.32 Å². The van der Waals surface area contributed by atoms with Gasteiger partial charge in [0.1, 0.15) is 17.3 Å². The molecule has 0 saturated heterocycles. The van der Waals surface area contributed by atoms with E-state index in [1.165, 1.54) is 12.1 Å². The molecule has 2 aromatic heterocycles. The van der Waals surface area contributed by atoms with Crippen LogP contribution in [-0.4, -0.2) is 9.97 Å². The molecule has 0 spiro atoms. The van der Waals surface area contributed by atoms with Crippen LogP contribution in [0, 0.1) is 0 Å². The van der Waals surface area contributed by atoms with Crippen molar-refractivity contribution >= 4 is 27.6 Å². The molecule has 0 amide bonds. The summed E-state index contributed by atoms with van der Waals surface area (Å²) < 4.78 is 25.7. The van der Waals surface area contributed by atoms with Gasteiger partial charge in [0.15, 0.2) is 0 Å². The first-order valence-corrected chi connectivity index (χ1v) is 5.58. The fourth-order valence-electron chi connectivity index (χ4n) is 1.25. The zero-order valence-electron chi connectivity index (χ0n) is 8.57. The Morgan fingerprint density at radius 1 is 1.18 bits per heavy atom. The number of alkyl halides is 2. The first-order valence-electron chi connectivity index (χ1n) is 4.79. The Morgan fingerprint density at radius 3 is 2.71 bits per heavy atom. The van der Waals surface area contributed by atoms with Gasteiger partial charge in [-0.15, -0.1) is 0 Å². The van der Waals surface area contributed by atoms with Gasteiger partial charge >= 0.3 is 0 Å². The van der Waals surface area contributed by atoms with E-state index in [1.807, 2.05) is 0 Å².